The molecule has 1 fully saturated rings. The largest absolute Gasteiger partial charge is 0.465 e. The number of ether oxygens (including phenoxy) is 2. The highest BCUT2D eigenvalue weighted by Crippen LogP contribution is 2.32. The minimum absolute atomic E-state index is 0.0988. The molecule has 1 aliphatic heterocycles. The maximum atomic E-state index is 12.2. The second-order valence-electron chi connectivity index (χ2n) is 10.1. The predicted molar refractivity (Wildman–Crippen MR) is 156 cm³/mol. The predicted octanol–water partition coefficient (Wildman–Crippen LogP) is 7.34. The molecule has 0 spiro atoms. The van der Waals surface area contributed by atoms with Gasteiger partial charge in [0.05, 0.1) is 36.4 Å². The van der Waals surface area contributed by atoms with E-state index in [1.54, 1.807) is 24.3 Å². The van der Waals surface area contributed by atoms with E-state index in [9.17, 15) is 14.7 Å². The van der Waals surface area contributed by atoms with E-state index in [1.165, 1.54) is 10.3 Å². The van der Waals surface area contributed by atoms with Gasteiger partial charge < -0.3 is 19.5 Å². The van der Waals surface area contributed by atoms with Gasteiger partial charge in [-0.15, -0.1) is 0 Å². The number of hydrogen-bond acceptors (Lipinski definition) is 4. The van der Waals surface area contributed by atoms with Crippen LogP contribution in [-0.4, -0.2) is 47.9 Å². The molecule has 2 atom stereocenters. The van der Waals surface area contributed by atoms with E-state index in [2.05, 4.69) is 54.6 Å². The van der Waals surface area contributed by atoms with Crippen LogP contribution in [0.15, 0.2) is 91.0 Å². The van der Waals surface area contributed by atoms with E-state index >= 15 is 0 Å². The molecule has 2 unspecified atom stereocenters. The van der Waals surface area contributed by atoms with Crippen molar-refractivity contribution in [2.24, 2.45) is 0 Å². The van der Waals surface area contributed by atoms with Crippen LogP contribution in [0, 0.1) is 0 Å². The number of esters is 1. The highest BCUT2D eigenvalue weighted by molar-refractivity contribution is 6.33. The molecule has 206 valence electrons. The number of likely N-dealkylation sites (tertiary alicyclic amines) is 1. The normalized spacial score (nSPS) is 17.1. The fourth-order valence-corrected chi connectivity index (χ4v) is 5.46. The van der Waals surface area contributed by atoms with Gasteiger partial charge in [0, 0.05) is 12.5 Å². The van der Waals surface area contributed by atoms with Gasteiger partial charge in [-0.1, -0.05) is 84.4 Å². The summed E-state index contributed by atoms with van der Waals surface area (Å²) >= 11 is 6.07. The van der Waals surface area contributed by atoms with Crippen LogP contribution in [0.25, 0.3) is 10.8 Å². The SMILES string of the molecule is O=C(OCCCc1ccc(C2CCN(C(=O)O)CC2OCc2ccc3ccccc3c2)cc1)c1ccccc1Cl. The first-order valence-electron chi connectivity index (χ1n) is 13.6. The molecule has 0 aliphatic carbocycles. The van der Waals surface area contributed by atoms with E-state index in [-0.39, 0.29) is 12.0 Å². The van der Waals surface area contributed by atoms with Crippen molar-refractivity contribution >= 4 is 34.4 Å². The van der Waals surface area contributed by atoms with Crippen molar-refractivity contribution in [3.8, 4) is 0 Å². The molecule has 0 saturated carbocycles. The molecule has 0 radical (unpaired) electrons. The van der Waals surface area contributed by atoms with Gasteiger partial charge in [0.15, 0.2) is 0 Å². The zero-order valence-electron chi connectivity index (χ0n) is 22.2. The Balaban J connectivity index is 1.18. The average Bonchev–Trinajstić information content (AvgIpc) is 2.98. The van der Waals surface area contributed by atoms with Crippen molar-refractivity contribution in [1.82, 2.24) is 4.90 Å². The van der Waals surface area contributed by atoms with Crippen molar-refractivity contribution in [2.75, 3.05) is 19.7 Å². The third-order valence-corrected chi connectivity index (χ3v) is 7.78. The number of benzene rings is 4. The summed E-state index contributed by atoms with van der Waals surface area (Å²) in [6.07, 6.45) is 1.01. The van der Waals surface area contributed by atoms with Crippen LogP contribution < -0.4 is 0 Å². The van der Waals surface area contributed by atoms with Crippen LogP contribution >= 0.6 is 11.6 Å². The Labute approximate surface area is 239 Å². The first kappa shape index (κ1) is 27.7. The second kappa shape index (κ2) is 13.0. The Morgan fingerprint density at radius 2 is 1.62 bits per heavy atom. The summed E-state index contributed by atoms with van der Waals surface area (Å²) in [5.74, 6) is -0.315. The van der Waals surface area contributed by atoms with Crippen LogP contribution in [0.5, 0.6) is 0 Å². The molecule has 5 rings (SSSR count). The number of carbonyl (C=O) groups is 2. The summed E-state index contributed by atoms with van der Waals surface area (Å²) in [5, 5.41) is 12.3. The number of piperidine rings is 1. The minimum atomic E-state index is -0.914. The number of carboxylic acid groups (broad SMARTS) is 1. The van der Waals surface area contributed by atoms with E-state index < -0.39 is 12.1 Å². The molecule has 4 aromatic carbocycles. The number of nitrogens with zero attached hydrogens (tertiary/aromatic N) is 1. The number of hydrogen-bond donors (Lipinski definition) is 1. The summed E-state index contributed by atoms with van der Waals surface area (Å²) in [6.45, 7) is 1.55. The van der Waals surface area contributed by atoms with Crippen molar-refractivity contribution in [1.29, 1.82) is 0 Å². The summed E-state index contributed by atoms with van der Waals surface area (Å²) in [6, 6.07) is 29.8. The number of halogens is 1. The molecule has 6 nitrogen and oxygen atoms in total. The van der Waals surface area contributed by atoms with Crippen LogP contribution in [0.1, 0.15) is 45.8 Å². The summed E-state index contributed by atoms with van der Waals surface area (Å²) in [4.78, 5) is 25.4. The lowest BCUT2D eigenvalue weighted by Crippen LogP contribution is -2.46. The molecular formula is C33H32ClNO5. The van der Waals surface area contributed by atoms with Gasteiger partial charge in [-0.25, -0.2) is 9.59 Å². The number of aryl methyl sites for hydroxylation is 1. The van der Waals surface area contributed by atoms with Crippen molar-refractivity contribution in [2.45, 2.75) is 37.9 Å². The smallest absolute Gasteiger partial charge is 0.407 e. The van der Waals surface area contributed by atoms with Gasteiger partial charge in [0.25, 0.3) is 0 Å². The first-order chi connectivity index (χ1) is 19.5. The van der Waals surface area contributed by atoms with Crippen molar-refractivity contribution in [3.05, 3.63) is 118 Å². The fraction of sp³-hybridized carbons (Fsp3) is 0.273. The van der Waals surface area contributed by atoms with Crippen LogP contribution in [0.3, 0.4) is 0 Å². The monoisotopic (exact) mass is 557 g/mol. The fourth-order valence-electron chi connectivity index (χ4n) is 5.25. The Morgan fingerprint density at radius 1 is 0.900 bits per heavy atom. The molecule has 1 N–H and O–H groups in total. The maximum Gasteiger partial charge on any atom is 0.407 e. The number of fused-ring (bicyclic) bond motifs is 1. The molecule has 1 aliphatic rings. The summed E-state index contributed by atoms with van der Waals surface area (Å²) in [7, 11) is 0. The van der Waals surface area contributed by atoms with Crippen LogP contribution in [0.2, 0.25) is 5.02 Å². The Bertz CT molecular complexity index is 1470. The highest BCUT2D eigenvalue weighted by Gasteiger charge is 2.33. The lowest BCUT2D eigenvalue weighted by Gasteiger charge is -2.37. The van der Waals surface area contributed by atoms with Gasteiger partial charge in [0.1, 0.15) is 0 Å². The number of carbonyl (C=O) groups excluding carboxylic acids is 1. The van der Waals surface area contributed by atoms with E-state index in [0.717, 1.165) is 28.5 Å². The number of rotatable bonds is 9. The molecule has 4 aromatic rings. The summed E-state index contributed by atoms with van der Waals surface area (Å²) in [5.41, 5.74) is 3.73. The van der Waals surface area contributed by atoms with E-state index in [1.807, 2.05) is 12.1 Å². The summed E-state index contributed by atoms with van der Waals surface area (Å²) < 4.78 is 11.8. The molecule has 7 heteroatoms. The molecule has 1 amide bonds. The average molecular weight is 558 g/mol. The molecule has 0 aromatic heterocycles. The third-order valence-electron chi connectivity index (χ3n) is 7.45. The van der Waals surface area contributed by atoms with Crippen LogP contribution in [-0.2, 0) is 22.5 Å². The van der Waals surface area contributed by atoms with E-state index in [0.29, 0.717) is 49.7 Å². The maximum absolute atomic E-state index is 12.2. The van der Waals surface area contributed by atoms with Gasteiger partial charge >= 0.3 is 12.1 Å². The molecule has 1 heterocycles. The first-order valence-corrected chi connectivity index (χ1v) is 13.9. The lowest BCUT2D eigenvalue weighted by molar-refractivity contribution is -0.0199. The lowest BCUT2D eigenvalue weighted by atomic mass is 9.86. The van der Waals surface area contributed by atoms with Crippen molar-refractivity contribution in [3.63, 3.8) is 0 Å². The molecule has 1 saturated heterocycles. The zero-order valence-corrected chi connectivity index (χ0v) is 22.9. The number of amides is 1. The van der Waals surface area contributed by atoms with Crippen LogP contribution in [0.4, 0.5) is 4.79 Å². The van der Waals surface area contributed by atoms with Crippen molar-refractivity contribution < 1.29 is 24.2 Å². The molecule has 40 heavy (non-hydrogen) atoms. The zero-order chi connectivity index (χ0) is 27.9. The second-order valence-corrected chi connectivity index (χ2v) is 10.5. The van der Waals surface area contributed by atoms with Gasteiger partial charge in [0.2, 0.25) is 0 Å². The highest BCUT2D eigenvalue weighted by atomic mass is 35.5. The topological polar surface area (TPSA) is 76.1 Å². The minimum Gasteiger partial charge on any atom is -0.465 e. The standard InChI is InChI=1S/C33H32ClNO5/c34-30-10-4-3-9-29(30)32(36)39-19-5-6-23-11-15-26(16-12-23)28-17-18-35(33(37)38)21-31(28)40-22-24-13-14-25-7-1-2-8-27(25)20-24/h1-4,7-16,20,28,31H,5-6,17-19,21-22H2,(H,37,38). The Morgan fingerprint density at radius 3 is 2.40 bits per heavy atom. The quantitative estimate of drug-likeness (QED) is 0.172. The molecular weight excluding hydrogens is 526 g/mol. The van der Waals surface area contributed by atoms with Gasteiger partial charge in [-0.2, -0.15) is 0 Å². The van der Waals surface area contributed by atoms with E-state index in [4.69, 9.17) is 21.1 Å². The third kappa shape index (κ3) is 6.82. The Hall–Kier alpha value is -3.87. The van der Waals surface area contributed by atoms with Gasteiger partial charge in [-0.05, 0) is 64.9 Å². The Kier molecular flexibility index (Phi) is 8.99. The molecule has 0 bridgehead atoms. The van der Waals surface area contributed by atoms with Gasteiger partial charge in [-0.3, -0.25) is 0 Å².